The Hall–Kier alpha value is -0.170. The van der Waals surface area contributed by atoms with Crippen LogP contribution in [0, 0.1) is 0 Å². The van der Waals surface area contributed by atoms with Crippen LogP contribution in [0.2, 0.25) is 0 Å². The van der Waals surface area contributed by atoms with Gasteiger partial charge in [-0.15, -0.1) is 0 Å². The maximum absolute atomic E-state index is 12.4. The van der Waals surface area contributed by atoms with Gasteiger partial charge in [-0.25, -0.2) is 0 Å². The van der Waals surface area contributed by atoms with Crippen LogP contribution in [-0.4, -0.2) is 54.4 Å². The average molecular weight is 266 g/mol. The zero-order valence-corrected chi connectivity index (χ0v) is 12.4. The first-order valence-electron chi connectivity index (χ1n) is 6.09. The molecule has 17 heavy (non-hydrogen) atoms. The highest BCUT2D eigenvalue weighted by molar-refractivity contribution is 7.86. The van der Waals surface area contributed by atoms with Gasteiger partial charge in [0.1, 0.15) is 0 Å². The Kier molecular flexibility index (Phi) is 6.61. The zero-order chi connectivity index (χ0) is 13.7. The van der Waals surface area contributed by atoms with Gasteiger partial charge < -0.3 is 5.11 Å². The lowest BCUT2D eigenvalue weighted by molar-refractivity contribution is 0.131. The fraction of sp³-hybridized carbons (Fsp3) is 1.00. The lowest BCUT2D eigenvalue weighted by Gasteiger charge is -2.36. The maximum Gasteiger partial charge on any atom is 0.282 e. The zero-order valence-electron chi connectivity index (χ0n) is 11.6. The predicted octanol–water partition coefficient (Wildman–Crippen LogP) is 1.06. The molecule has 0 fully saturated rings. The molecule has 104 valence electrons. The van der Waals surface area contributed by atoms with Crippen LogP contribution < -0.4 is 0 Å². The first-order valence-corrected chi connectivity index (χ1v) is 7.48. The quantitative estimate of drug-likeness (QED) is 0.714. The van der Waals surface area contributed by atoms with Crippen molar-refractivity contribution in [3.05, 3.63) is 0 Å². The molecule has 0 aromatic carbocycles. The first kappa shape index (κ1) is 16.8. The van der Waals surface area contributed by atoms with Crippen LogP contribution in [0.4, 0.5) is 0 Å². The van der Waals surface area contributed by atoms with Crippen LogP contribution in [0.15, 0.2) is 0 Å². The van der Waals surface area contributed by atoms with Gasteiger partial charge in [0.2, 0.25) is 0 Å². The highest BCUT2D eigenvalue weighted by Gasteiger charge is 2.35. The van der Waals surface area contributed by atoms with Gasteiger partial charge in [-0.05, 0) is 26.7 Å². The summed E-state index contributed by atoms with van der Waals surface area (Å²) in [6.07, 6.45) is 1.57. The summed E-state index contributed by atoms with van der Waals surface area (Å²) in [6, 6.07) is 0. The van der Waals surface area contributed by atoms with E-state index in [1.54, 1.807) is 13.8 Å². The molecular formula is C11H26N2O3S. The Labute approximate surface area is 106 Å². The predicted molar refractivity (Wildman–Crippen MR) is 70.0 cm³/mol. The average Bonchev–Trinajstić information content (AvgIpc) is 2.27. The highest BCUT2D eigenvalue weighted by atomic mass is 32.2. The highest BCUT2D eigenvalue weighted by Crippen LogP contribution is 2.19. The molecule has 0 radical (unpaired) electrons. The van der Waals surface area contributed by atoms with E-state index in [0.29, 0.717) is 13.1 Å². The number of aliphatic hydroxyl groups excluding tert-OH is 1. The fourth-order valence-electron chi connectivity index (χ4n) is 1.43. The van der Waals surface area contributed by atoms with E-state index in [0.717, 1.165) is 12.8 Å². The molecule has 0 unspecified atom stereocenters. The van der Waals surface area contributed by atoms with Crippen molar-refractivity contribution in [2.75, 3.05) is 26.7 Å². The Bertz CT molecular complexity index is 309. The van der Waals surface area contributed by atoms with Crippen molar-refractivity contribution in [2.24, 2.45) is 0 Å². The van der Waals surface area contributed by atoms with E-state index in [9.17, 15) is 13.5 Å². The summed E-state index contributed by atoms with van der Waals surface area (Å²) in [6.45, 7) is 8.16. The van der Waals surface area contributed by atoms with Crippen LogP contribution in [0.5, 0.6) is 0 Å². The molecule has 0 saturated carbocycles. The van der Waals surface area contributed by atoms with Gasteiger partial charge in [0.25, 0.3) is 10.2 Å². The summed E-state index contributed by atoms with van der Waals surface area (Å²) in [5.74, 6) is 0. The van der Waals surface area contributed by atoms with Gasteiger partial charge in [0.15, 0.2) is 0 Å². The lowest BCUT2D eigenvalue weighted by Crippen LogP contribution is -2.53. The van der Waals surface area contributed by atoms with Crippen molar-refractivity contribution in [2.45, 2.75) is 46.1 Å². The van der Waals surface area contributed by atoms with Crippen molar-refractivity contribution in [1.82, 2.24) is 8.61 Å². The summed E-state index contributed by atoms with van der Waals surface area (Å²) >= 11 is 0. The van der Waals surface area contributed by atoms with Crippen LogP contribution in [-0.2, 0) is 10.2 Å². The number of aliphatic hydroxyl groups is 1. The second kappa shape index (κ2) is 6.68. The molecule has 0 aromatic heterocycles. The third kappa shape index (κ3) is 4.21. The number of hydrogen-bond acceptors (Lipinski definition) is 3. The third-order valence-electron chi connectivity index (χ3n) is 2.86. The fourth-order valence-corrected chi connectivity index (χ4v) is 3.28. The third-order valence-corrected chi connectivity index (χ3v) is 5.06. The minimum absolute atomic E-state index is 0.200. The van der Waals surface area contributed by atoms with Crippen molar-refractivity contribution in [3.63, 3.8) is 0 Å². The molecule has 0 aromatic rings. The molecule has 0 atom stereocenters. The summed E-state index contributed by atoms with van der Waals surface area (Å²) in [5, 5.41) is 9.24. The van der Waals surface area contributed by atoms with Crippen molar-refractivity contribution < 1.29 is 13.5 Å². The minimum atomic E-state index is -3.49. The summed E-state index contributed by atoms with van der Waals surface area (Å²) in [4.78, 5) is 0. The molecular weight excluding hydrogens is 240 g/mol. The van der Waals surface area contributed by atoms with Crippen molar-refractivity contribution in [3.8, 4) is 0 Å². The van der Waals surface area contributed by atoms with E-state index in [4.69, 9.17) is 0 Å². The molecule has 6 heteroatoms. The van der Waals surface area contributed by atoms with Crippen LogP contribution in [0.25, 0.3) is 0 Å². The molecule has 0 amide bonds. The van der Waals surface area contributed by atoms with Gasteiger partial charge in [-0.1, -0.05) is 13.8 Å². The van der Waals surface area contributed by atoms with Gasteiger partial charge in [0, 0.05) is 20.1 Å². The lowest BCUT2D eigenvalue weighted by atomic mass is 10.1. The molecule has 0 aliphatic heterocycles. The number of nitrogens with zero attached hydrogens (tertiary/aromatic N) is 2. The summed E-state index contributed by atoms with van der Waals surface area (Å²) in [7, 11) is -1.97. The molecule has 0 saturated heterocycles. The second-order valence-electron chi connectivity index (χ2n) is 4.84. The molecule has 0 spiro atoms. The van der Waals surface area contributed by atoms with E-state index in [2.05, 4.69) is 0 Å². The summed E-state index contributed by atoms with van der Waals surface area (Å²) in [5.41, 5.74) is -0.779. The number of rotatable bonds is 8. The van der Waals surface area contributed by atoms with Crippen molar-refractivity contribution >= 4 is 10.2 Å². The topological polar surface area (TPSA) is 60.9 Å². The molecule has 0 bridgehead atoms. The number of hydrogen-bond donors (Lipinski definition) is 1. The van der Waals surface area contributed by atoms with Crippen LogP contribution in [0.3, 0.4) is 0 Å². The molecule has 5 nitrogen and oxygen atoms in total. The Morgan fingerprint density at radius 1 is 1.12 bits per heavy atom. The normalized spacial score (nSPS) is 13.6. The van der Waals surface area contributed by atoms with E-state index in [-0.39, 0.29) is 6.61 Å². The van der Waals surface area contributed by atoms with E-state index in [1.165, 1.54) is 15.7 Å². The maximum atomic E-state index is 12.4. The van der Waals surface area contributed by atoms with E-state index < -0.39 is 15.7 Å². The first-order chi connectivity index (χ1) is 7.73. The monoisotopic (exact) mass is 266 g/mol. The molecule has 1 N–H and O–H groups in total. The number of likely N-dealkylation sites (N-methyl/N-ethyl adjacent to an activating group) is 1. The Morgan fingerprint density at radius 2 is 1.53 bits per heavy atom. The van der Waals surface area contributed by atoms with Gasteiger partial charge >= 0.3 is 0 Å². The van der Waals surface area contributed by atoms with Crippen LogP contribution >= 0.6 is 0 Å². The molecule has 0 heterocycles. The Morgan fingerprint density at radius 3 is 1.82 bits per heavy atom. The van der Waals surface area contributed by atoms with Crippen molar-refractivity contribution in [1.29, 1.82) is 0 Å². The second-order valence-corrected chi connectivity index (χ2v) is 6.80. The SMILES string of the molecule is CCCN(CCC)S(=O)(=O)N(C)C(C)(C)CO. The van der Waals surface area contributed by atoms with Gasteiger partial charge in [-0.3, -0.25) is 0 Å². The molecule has 0 aliphatic carbocycles. The van der Waals surface area contributed by atoms with E-state index in [1.807, 2.05) is 13.8 Å². The standard InChI is InChI=1S/C11H26N2O3S/c1-6-8-13(9-7-2)17(15,16)12(5)11(3,4)10-14/h14H,6-10H2,1-5H3. The molecule has 0 aliphatic rings. The minimum Gasteiger partial charge on any atom is -0.394 e. The summed E-state index contributed by atoms with van der Waals surface area (Å²) < 4.78 is 27.4. The van der Waals surface area contributed by atoms with Gasteiger partial charge in [-0.2, -0.15) is 17.0 Å². The van der Waals surface area contributed by atoms with E-state index >= 15 is 0 Å². The van der Waals surface area contributed by atoms with Crippen LogP contribution in [0.1, 0.15) is 40.5 Å². The smallest absolute Gasteiger partial charge is 0.282 e. The molecule has 0 rings (SSSR count). The largest absolute Gasteiger partial charge is 0.394 e. The Balaban J connectivity index is 5.07. The van der Waals surface area contributed by atoms with Gasteiger partial charge in [0.05, 0.1) is 12.1 Å².